The molecule has 2 N–H and O–H groups in total. The summed E-state index contributed by atoms with van der Waals surface area (Å²) in [5.74, 6) is 0.364. The van der Waals surface area contributed by atoms with Crippen molar-refractivity contribution in [2.75, 3.05) is 19.0 Å². The van der Waals surface area contributed by atoms with E-state index in [1.807, 2.05) is 0 Å². The molecule has 0 atom stereocenters. The average Bonchev–Trinajstić information content (AvgIpc) is 2.57. The second-order valence-electron chi connectivity index (χ2n) is 6.37. The maximum atomic E-state index is 12.8. The Morgan fingerprint density at radius 2 is 1.81 bits per heavy atom. The summed E-state index contributed by atoms with van der Waals surface area (Å²) in [6.45, 7) is 1.91. The molecule has 1 fully saturated rings. The Labute approximate surface area is 155 Å². The lowest BCUT2D eigenvalue weighted by atomic mass is 9.97. The summed E-state index contributed by atoms with van der Waals surface area (Å²) >= 11 is 0. The van der Waals surface area contributed by atoms with Crippen LogP contribution in [0.4, 0.5) is 10.5 Å². The van der Waals surface area contributed by atoms with E-state index in [0.29, 0.717) is 5.75 Å². The molecule has 0 aliphatic heterocycles. The largest absolute Gasteiger partial charge is 0.495 e. The SMILES string of the molecule is CCOC(=O)Nc1cc(S(=O)(=O)NC2CCCCCCC2)ccc1OC. The first-order valence-corrected chi connectivity index (χ1v) is 10.6. The number of carbonyl (C=O) groups is 1. The quantitative estimate of drug-likeness (QED) is 0.781. The molecule has 0 saturated heterocycles. The van der Waals surface area contributed by atoms with Crippen molar-refractivity contribution in [3.63, 3.8) is 0 Å². The number of rotatable bonds is 6. The van der Waals surface area contributed by atoms with Gasteiger partial charge in [0.15, 0.2) is 0 Å². The first kappa shape index (κ1) is 20.5. The van der Waals surface area contributed by atoms with Gasteiger partial charge in [0, 0.05) is 6.04 Å². The fourth-order valence-electron chi connectivity index (χ4n) is 3.09. The van der Waals surface area contributed by atoms with Crippen molar-refractivity contribution in [2.24, 2.45) is 0 Å². The Kier molecular flexibility index (Phi) is 7.71. The van der Waals surface area contributed by atoms with Gasteiger partial charge in [-0.25, -0.2) is 17.9 Å². The predicted molar refractivity (Wildman–Crippen MR) is 100 cm³/mol. The first-order chi connectivity index (χ1) is 12.5. The normalized spacial score (nSPS) is 16.4. The molecule has 0 radical (unpaired) electrons. The molecule has 26 heavy (non-hydrogen) atoms. The van der Waals surface area contributed by atoms with Gasteiger partial charge in [-0.3, -0.25) is 5.32 Å². The molecule has 1 amide bonds. The van der Waals surface area contributed by atoms with Gasteiger partial charge in [0.05, 0.1) is 24.3 Å². The van der Waals surface area contributed by atoms with E-state index in [2.05, 4.69) is 10.0 Å². The molecule has 7 nitrogen and oxygen atoms in total. The smallest absolute Gasteiger partial charge is 0.411 e. The van der Waals surface area contributed by atoms with Crippen LogP contribution >= 0.6 is 0 Å². The number of anilines is 1. The number of ether oxygens (including phenoxy) is 2. The van der Waals surface area contributed by atoms with Gasteiger partial charge in [0.25, 0.3) is 0 Å². The second-order valence-corrected chi connectivity index (χ2v) is 8.08. The number of hydrogen-bond acceptors (Lipinski definition) is 5. The molecule has 1 aliphatic carbocycles. The molecule has 1 aliphatic rings. The summed E-state index contributed by atoms with van der Waals surface area (Å²) in [5.41, 5.74) is 0.256. The standard InChI is InChI=1S/C18H28N2O5S/c1-3-25-18(21)19-16-13-15(11-12-17(16)24-2)26(22,23)20-14-9-7-5-4-6-8-10-14/h11-14,20H,3-10H2,1-2H3,(H,19,21). The van der Waals surface area contributed by atoms with Gasteiger partial charge in [0.2, 0.25) is 10.0 Å². The van der Waals surface area contributed by atoms with Crippen LogP contribution in [0.2, 0.25) is 0 Å². The van der Waals surface area contributed by atoms with Crippen LogP contribution in [0.5, 0.6) is 5.75 Å². The van der Waals surface area contributed by atoms with Crippen molar-refractivity contribution in [3.8, 4) is 5.75 Å². The van der Waals surface area contributed by atoms with Gasteiger partial charge in [-0.15, -0.1) is 0 Å². The van der Waals surface area contributed by atoms with Gasteiger partial charge >= 0.3 is 6.09 Å². The Hall–Kier alpha value is -1.80. The number of nitrogens with one attached hydrogen (secondary N) is 2. The summed E-state index contributed by atoms with van der Waals surface area (Å²) in [4.78, 5) is 11.8. The minimum Gasteiger partial charge on any atom is -0.495 e. The van der Waals surface area contributed by atoms with Crippen molar-refractivity contribution < 1.29 is 22.7 Å². The molecule has 2 rings (SSSR count). The molecule has 1 aromatic rings. The molecule has 0 unspecified atom stereocenters. The highest BCUT2D eigenvalue weighted by atomic mass is 32.2. The number of sulfonamides is 1. The zero-order valence-corrected chi connectivity index (χ0v) is 16.2. The lowest BCUT2D eigenvalue weighted by molar-refractivity contribution is 0.168. The number of methoxy groups -OCH3 is 1. The molecule has 146 valence electrons. The minimum absolute atomic E-state index is 0.0520. The molecule has 0 heterocycles. The van der Waals surface area contributed by atoms with Crippen LogP contribution in [0.1, 0.15) is 51.9 Å². The molecule has 1 aromatic carbocycles. The average molecular weight is 384 g/mol. The van der Waals surface area contributed by atoms with Gasteiger partial charge in [0.1, 0.15) is 5.75 Å². The van der Waals surface area contributed by atoms with Crippen LogP contribution in [0.25, 0.3) is 0 Å². The van der Waals surface area contributed by atoms with Crippen LogP contribution in [-0.2, 0) is 14.8 Å². The van der Waals surface area contributed by atoms with Crippen molar-refractivity contribution in [2.45, 2.75) is 62.8 Å². The number of benzene rings is 1. The van der Waals surface area contributed by atoms with E-state index in [1.54, 1.807) is 6.92 Å². The second kappa shape index (κ2) is 9.78. The van der Waals surface area contributed by atoms with Crippen molar-refractivity contribution in [1.82, 2.24) is 4.72 Å². The van der Waals surface area contributed by atoms with Crippen LogP contribution in [0.3, 0.4) is 0 Å². The van der Waals surface area contributed by atoms with E-state index < -0.39 is 16.1 Å². The fraction of sp³-hybridized carbons (Fsp3) is 0.611. The van der Waals surface area contributed by atoms with Gasteiger partial charge in [-0.2, -0.15) is 0 Å². The van der Waals surface area contributed by atoms with E-state index in [1.165, 1.54) is 31.7 Å². The van der Waals surface area contributed by atoms with Gasteiger partial charge < -0.3 is 9.47 Å². The molecule has 0 spiro atoms. The molecular weight excluding hydrogens is 356 g/mol. The fourth-order valence-corrected chi connectivity index (χ4v) is 4.42. The maximum Gasteiger partial charge on any atom is 0.411 e. The van der Waals surface area contributed by atoms with E-state index in [0.717, 1.165) is 38.5 Å². The van der Waals surface area contributed by atoms with Gasteiger partial charge in [-0.05, 0) is 38.0 Å². The van der Waals surface area contributed by atoms with Crippen molar-refractivity contribution in [3.05, 3.63) is 18.2 Å². The van der Waals surface area contributed by atoms with Crippen molar-refractivity contribution in [1.29, 1.82) is 0 Å². The highest BCUT2D eigenvalue weighted by Gasteiger charge is 2.22. The lowest BCUT2D eigenvalue weighted by Gasteiger charge is -2.21. The Morgan fingerprint density at radius 1 is 1.15 bits per heavy atom. The Bertz CT molecular complexity index is 698. The molecule has 0 bridgehead atoms. The van der Waals surface area contributed by atoms with Crippen molar-refractivity contribution >= 4 is 21.8 Å². The maximum absolute atomic E-state index is 12.8. The molecular formula is C18H28N2O5S. The van der Waals surface area contributed by atoms with E-state index >= 15 is 0 Å². The highest BCUT2D eigenvalue weighted by molar-refractivity contribution is 7.89. The zero-order chi connectivity index (χ0) is 19.0. The third kappa shape index (κ3) is 5.88. The number of carbonyl (C=O) groups excluding carboxylic acids is 1. The number of amides is 1. The predicted octanol–water partition coefficient (Wildman–Crippen LogP) is 3.65. The molecule has 0 aromatic heterocycles. The summed E-state index contributed by atoms with van der Waals surface area (Å²) in [7, 11) is -2.23. The minimum atomic E-state index is -3.68. The zero-order valence-electron chi connectivity index (χ0n) is 15.4. The van der Waals surface area contributed by atoms with Gasteiger partial charge in [-0.1, -0.05) is 32.1 Å². The number of hydrogen-bond donors (Lipinski definition) is 2. The van der Waals surface area contributed by atoms with E-state index in [9.17, 15) is 13.2 Å². The van der Waals surface area contributed by atoms with Crippen LogP contribution in [-0.4, -0.2) is 34.3 Å². The third-order valence-electron chi connectivity index (χ3n) is 4.42. The van der Waals surface area contributed by atoms with Crippen LogP contribution < -0.4 is 14.8 Å². The van der Waals surface area contributed by atoms with Crippen LogP contribution in [0.15, 0.2) is 23.1 Å². The lowest BCUT2D eigenvalue weighted by Crippen LogP contribution is -2.35. The topological polar surface area (TPSA) is 93.7 Å². The Morgan fingerprint density at radius 3 is 2.42 bits per heavy atom. The molecule has 8 heteroatoms. The summed E-state index contributed by atoms with van der Waals surface area (Å²) in [5, 5.41) is 2.52. The van der Waals surface area contributed by atoms with E-state index in [-0.39, 0.29) is 23.2 Å². The van der Waals surface area contributed by atoms with Crippen LogP contribution in [0, 0.1) is 0 Å². The third-order valence-corrected chi connectivity index (χ3v) is 5.94. The first-order valence-electron chi connectivity index (χ1n) is 9.10. The summed E-state index contributed by atoms with van der Waals surface area (Å²) < 4.78 is 38.4. The summed E-state index contributed by atoms with van der Waals surface area (Å²) in [6.07, 6.45) is 6.63. The Balaban J connectivity index is 2.18. The highest BCUT2D eigenvalue weighted by Crippen LogP contribution is 2.28. The molecule has 1 saturated carbocycles. The van der Waals surface area contributed by atoms with E-state index in [4.69, 9.17) is 9.47 Å². The monoisotopic (exact) mass is 384 g/mol. The summed E-state index contributed by atoms with van der Waals surface area (Å²) in [6, 6.07) is 4.33.